The number of aliphatic hydroxyl groups is 1. The first-order valence-electron chi connectivity index (χ1n) is 7.21. The summed E-state index contributed by atoms with van der Waals surface area (Å²) >= 11 is 0. The molecule has 0 amide bonds. The van der Waals surface area contributed by atoms with Gasteiger partial charge in [-0.2, -0.15) is 0 Å². The summed E-state index contributed by atoms with van der Waals surface area (Å²) in [5.41, 5.74) is 5.53. The predicted molar refractivity (Wildman–Crippen MR) is 90.2 cm³/mol. The molecular weight excluding hydrogens is 272 g/mol. The summed E-state index contributed by atoms with van der Waals surface area (Å²) in [5, 5.41) is 10.2. The molecule has 2 aromatic rings. The van der Waals surface area contributed by atoms with Gasteiger partial charge in [-0.1, -0.05) is 79.4 Å². The highest BCUT2D eigenvalue weighted by Crippen LogP contribution is 2.09. The van der Waals surface area contributed by atoms with Crippen LogP contribution in [0.4, 0.5) is 0 Å². The van der Waals surface area contributed by atoms with E-state index in [1.165, 1.54) is 0 Å². The van der Waals surface area contributed by atoms with Crippen molar-refractivity contribution in [3.8, 4) is 0 Å². The molecule has 0 radical (unpaired) electrons. The second-order valence-corrected chi connectivity index (χ2v) is 4.90. The van der Waals surface area contributed by atoms with Crippen molar-refractivity contribution in [1.82, 2.24) is 0 Å². The standard InChI is InChI=1S/C20H20O2/c1-2-19(16-22-15-18-11-7-4-8-12-18)20(21)14-13-17-9-5-3-6-10-17/h3-14,20-21H,1,15-16H2/b14-13+. The van der Waals surface area contributed by atoms with Gasteiger partial charge < -0.3 is 9.84 Å². The summed E-state index contributed by atoms with van der Waals surface area (Å²) < 4.78 is 5.61. The lowest BCUT2D eigenvalue weighted by Gasteiger charge is -2.10. The van der Waals surface area contributed by atoms with E-state index in [9.17, 15) is 5.11 Å². The SMILES string of the molecule is C=C=C(COCc1ccccc1)C(O)/C=C/c1ccccc1. The second kappa shape index (κ2) is 8.81. The molecule has 0 heterocycles. The number of ether oxygens (including phenoxy) is 1. The van der Waals surface area contributed by atoms with Gasteiger partial charge in [-0.05, 0) is 11.1 Å². The molecule has 0 aromatic heterocycles. The van der Waals surface area contributed by atoms with Gasteiger partial charge in [-0.25, -0.2) is 0 Å². The smallest absolute Gasteiger partial charge is 0.103 e. The molecule has 0 saturated heterocycles. The lowest BCUT2D eigenvalue weighted by Crippen LogP contribution is -2.11. The van der Waals surface area contributed by atoms with Crippen molar-refractivity contribution in [2.45, 2.75) is 12.7 Å². The van der Waals surface area contributed by atoms with E-state index in [0.29, 0.717) is 18.8 Å². The molecule has 0 aliphatic rings. The van der Waals surface area contributed by atoms with Crippen LogP contribution in [0, 0.1) is 0 Å². The van der Waals surface area contributed by atoms with E-state index in [1.807, 2.05) is 66.7 Å². The number of hydrogen-bond donors (Lipinski definition) is 1. The van der Waals surface area contributed by atoms with Crippen LogP contribution in [-0.2, 0) is 11.3 Å². The molecule has 2 aromatic carbocycles. The third-order valence-corrected chi connectivity index (χ3v) is 3.22. The highest BCUT2D eigenvalue weighted by Gasteiger charge is 2.07. The average molecular weight is 292 g/mol. The van der Waals surface area contributed by atoms with Crippen molar-refractivity contribution in [3.05, 3.63) is 95.7 Å². The zero-order chi connectivity index (χ0) is 15.6. The summed E-state index contributed by atoms with van der Waals surface area (Å²) in [7, 11) is 0. The Labute approximate surface area is 131 Å². The molecule has 1 atom stereocenters. The summed E-state index contributed by atoms with van der Waals surface area (Å²) in [6.07, 6.45) is 2.85. The normalized spacial score (nSPS) is 12.0. The molecule has 112 valence electrons. The number of aliphatic hydroxyl groups excluding tert-OH is 1. The van der Waals surface area contributed by atoms with Gasteiger partial charge in [0.15, 0.2) is 0 Å². The first kappa shape index (κ1) is 16.0. The highest BCUT2D eigenvalue weighted by molar-refractivity contribution is 5.50. The van der Waals surface area contributed by atoms with Crippen LogP contribution in [0.5, 0.6) is 0 Å². The Morgan fingerprint density at radius 3 is 2.36 bits per heavy atom. The van der Waals surface area contributed by atoms with E-state index >= 15 is 0 Å². The molecule has 2 nitrogen and oxygen atoms in total. The molecule has 2 rings (SSSR count). The molecule has 2 heteroatoms. The van der Waals surface area contributed by atoms with Gasteiger partial charge in [0.2, 0.25) is 0 Å². The Hall–Kier alpha value is -2.38. The van der Waals surface area contributed by atoms with Crippen LogP contribution in [0.2, 0.25) is 0 Å². The Bertz CT molecular complexity index is 638. The maximum Gasteiger partial charge on any atom is 0.103 e. The van der Waals surface area contributed by atoms with Crippen molar-refractivity contribution in [3.63, 3.8) is 0 Å². The Kier molecular flexibility index (Phi) is 6.40. The van der Waals surface area contributed by atoms with Gasteiger partial charge in [-0.15, -0.1) is 5.73 Å². The topological polar surface area (TPSA) is 29.5 Å². The van der Waals surface area contributed by atoms with E-state index in [2.05, 4.69) is 12.3 Å². The zero-order valence-corrected chi connectivity index (χ0v) is 12.5. The van der Waals surface area contributed by atoms with Gasteiger partial charge in [0.05, 0.1) is 13.2 Å². The molecule has 0 aliphatic carbocycles. The third kappa shape index (κ3) is 5.19. The number of hydrogen-bond acceptors (Lipinski definition) is 2. The van der Waals surface area contributed by atoms with Crippen molar-refractivity contribution < 1.29 is 9.84 Å². The maximum absolute atomic E-state index is 10.2. The summed E-state index contributed by atoms with van der Waals surface area (Å²) in [4.78, 5) is 0. The fourth-order valence-corrected chi connectivity index (χ4v) is 1.98. The largest absolute Gasteiger partial charge is 0.384 e. The molecule has 0 saturated carbocycles. The lowest BCUT2D eigenvalue weighted by atomic mass is 10.1. The van der Waals surface area contributed by atoms with Crippen molar-refractivity contribution in [1.29, 1.82) is 0 Å². The first-order chi connectivity index (χ1) is 10.8. The zero-order valence-electron chi connectivity index (χ0n) is 12.5. The Morgan fingerprint density at radius 1 is 1.09 bits per heavy atom. The highest BCUT2D eigenvalue weighted by atomic mass is 16.5. The van der Waals surface area contributed by atoms with Crippen LogP contribution < -0.4 is 0 Å². The van der Waals surface area contributed by atoms with Crippen molar-refractivity contribution in [2.75, 3.05) is 6.61 Å². The third-order valence-electron chi connectivity index (χ3n) is 3.22. The van der Waals surface area contributed by atoms with Gasteiger partial charge in [0, 0.05) is 5.57 Å². The predicted octanol–water partition coefficient (Wildman–Crippen LogP) is 3.99. The van der Waals surface area contributed by atoms with Crippen molar-refractivity contribution >= 4 is 6.08 Å². The van der Waals surface area contributed by atoms with E-state index < -0.39 is 6.10 Å². The molecule has 0 aliphatic heterocycles. The number of benzene rings is 2. The minimum absolute atomic E-state index is 0.304. The van der Waals surface area contributed by atoms with E-state index in [-0.39, 0.29) is 0 Å². The Balaban J connectivity index is 1.86. The maximum atomic E-state index is 10.2. The summed E-state index contributed by atoms with van der Waals surface area (Å²) in [5.74, 6) is 0. The van der Waals surface area contributed by atoms with Crippen LogP contribution in [0.25, 0.3) is 6.08 Å². The van der Waals surface area contributed by atoms with Crippen LogP contribution in [0.3, 0.4) is 0 Å². The molecule has 0 fully saturated rings. The van der Waals surface area contributed by atoms with E-state index in [0.717, 1.165) is 11.1 Å². The van der Waals surface area contributed by atoms with Crippen LogP contribution in [-0.4, -0.2) is 17.8 Å². The van der Waals surface area contributed by atoms with Crippen molar-refractivity contribution in [2.24, 2.45) is 0 Å². The van der Waals surface area contributed by atoms with Gasteiger partial charge in [-0.3, -0.25) is 0 Å². The molecule has 22 heavy (non-hydrogen) atoms. The van der Waals surface area contributed by atoms with Gasteiger partial charge >= 0.3 is 0 Å². The van der Waals surface area contributed by atoms with Crippen LogP contribution >= 0.6 is 0 Å². The Morgan fingerprint density at radius 2 is 1.73 bits per heavy atom. The average Bonchev–Trinajstić information content (AvgIpc) is 2.58. The van der Waals surface area contributed by atoms with E-state index in [4.69, 9.17) is 4.74 Å². The summed E-state index contributed by atoms with van der Waals surface area (Å²) in [6.45, 7) is 4.43. The molecular formula is C20H20O2. The minimum Gasteiger partial charge on any atom is -0.384 e. The summed E-state index contributed by atoms with van der Waals surface area (Å²) in [6, 6.07) is 19.8. The monoisotopic (exact) mass is 292 g/mol. The van der Waals surface area contributed by atoms with E-state index in [1.54, 1.807) is 6.08 Å². The van der Waals surface area contributed by atoms with Crippen LogP contribution in [0.15, 0.2) is 84.6 Å². The van der Waals surface area contributed by atoms with Gasteiger partial charge in [0.25, 0.3) is 0 Å². The molecule has 0 spiro atoms. The molecule has 0 bridgehead atoms. The lowest BCUT2D eigenvalue weighted by molar-refractivity contribution is 0.126. The second-order valence-electron chi connectivity index (χ2n) is 4.90. The molecule has 1 unspecified atom stereocenters. The fourth-order valence-electron chi connectivity index (χ4n) is 1.98. The number of rotatable bonds is 7. The molecule has 1 N–H and O–H groups in total. The first-order valence-corrected chi connectivity index (χ1v) is 7.21. The van der Waals surface area contributed by atoms with Gasteiger partial charge in [0.1, 0.15) is 6.10 Å². The minimum atomic E-state index is -0.742. The quantitative estimate of drug-likeness (QED) is 0.782. The fraction of sp³-hybridized carbons (Fsp3) is 0.150. The van der Waals surface area contributed by atoms with Crippen LogP contribution in [0.1, 0.15) is 11.1 Å².